The van der Waals surface area contributed by atoms with Gasteiger partial charge in [-0.25, -0.2) is 8.42 Å². The van der Waals surface area contributed by atoms with E-state index in [1.807, 2.05) is 0 Å². The Morgan fingerprint density at radius 1 is 1.41 bits per heavy atom. The molecule has 0 unspecified atom stereocenters. The molecule has 7 heteroatoms. The van der Waals surface area contributed by atoms with Crippen LogP contribution in [0.25, 0.3) is 0 Å². The average molecular weight is 260 g/mol. The molecule has 0 aliphatic rings. The van der Waals surface area contributed by atoms with Crippen LogP contribution in [-0.4, -0.2) is 38.8 Å². The van der Waals surface area contributed by atoms with E-state index in [0.717, 1.165) is 0 Å². The Morgan fingerprint density at radius 3 is 2.65 bits per heavy atom. The zero-order chi connectivity index (χ0) is 12.9. The monoisotopic (exact) mass is 260 g/mol. The maximum absolute atomic E-state index is 11.5. The third-order valence-electron chi connectivity index (χ3n) is 1.99. The number of Topliss-reactive ketones (excluding diaryl/α,β-unsaturated/α-hetero) is 1. The number of sulfone groups is 1. The Balaban J connectivity index is 2.55. The summed E-state index contributed by atoms with van der Waals surface area (Å²) in [5, 5.41) is 0. The van der Waals surface area contributed by atoms with Crippen molar-refractivity contribution in [2.24, 2.45) is 0 Å². The van der Waals surface area contributed by atoms with Gasteiger partial charge >= 0.3 is 5.97 Å². The molecule has 0 N–H and O–H groups in total. The molecule has 17 heavy (non-hydrogen) atoms. The molecule has 1 aromatic heterocycles. The maximum Gasteiger partial charge on any atom is 0.306 e. The zero-order valence-corrected chi connectivity index (χ0v) is 10.0. The highest BCUT2D eigenvalue weighted by Gasteiger charge is 2.20. The molecule has 1 aromatic rings. The van der Waals surface area contributed by atoms with Gasteiger partial charge in [-0.15, -0.1) is 0 Å². The molecule has 0 aliphatic heterocycles. The first kappa shape index (κ1) is 13.4. The van der Waals surface area contributed by atoms with E-state index in [0.29, 0.717) is 0 Å². The van der Waals surface area contributed by atoms with Crippen LogP contribution in [0.2, 0.25) is 0 Å². The van der Waals surface area contributed by atoms with Crippen molar-refractivity contribution >= 4 is 21.6 Å². The SMILES string of the molecule is COC(=O)CCS(=O)(=O)CC(=O)c1ccco1. The Hall–Kier alpha value is -1.63. The van der Waals surface area contributed by atoms with Gasteiger partial charge in [0.15, 0.2) is 15.6 Å². The molecular weight excluding hydrogens is 248 g/mol. The number of esters is 1. The predicted octanol–water partition coefficient (Wildman–Crippen LogP) is 0.440. The molecule has 0 aromatic carbocycles. The van der Waals surface area contributed by atoms with Crippen LogP contribution < -0.4 is 0 Å². The number of carbonyl (C=O) groups excluding carboxylic acids is 2. The smallest absolute Gasteiger partial charge is 0.306 e. The molecule has 0 radical (unpaired) electrons. The van der Waals surface area contributed by atoms with Gasteiger partial charge in [-0.2, -0.15) is 0 Å². The molecule has 0 aliphatic carbocycles. The van der Waals surface area contributed by atoms with Gasteiger partial charge in [0.1, 0.15) is 5.75 Å². The highest BCUT2D eigenvalue weighted by molar-refractivity contribution is 7.92. The van der Waals surface area contributed by atoms with Crippen molar-refractivity contribution in [2.45, 2.75) is 6.42 Å². The van der Waals surface area contributed by atoms with Gasteiger partial charge in [0.25, 0.3) is 0 Å². The van der Waals surface area contributed by atoms with Crippen molar-refractivity contribution in [3.05, 3.63) is 24.2 Å². The van der Waals surface area contributed by atoms with Gasteiger partial charge in [-0.1, -0.05) is 0 Å². The second kappa shape index (κ2) is 5.62. The Bertz CT molecular complexity index is 485. The number of carbonyl (C=O) groups is 2. The fraction of sp³-hybridized carbons (Fsp3) is 0.400. The van der Waals surface area contributed by atoms with Crippen molar-refractivity contribution in [1.82, 2.24) is 0 Å². The number of furan rings is 1. The minimum absolute atomic E-state index is 0.00774. The number of hydrogen-bond acceptors (Lipinski definition) is 6. The fourth-order valence-electron chi connectivity index (χ4n) is 1.12. The summed E-state index contributed by atoms with van der Waals surface area (Å²) in [6.45, 7) is 0. The summed E-state index contributed by atoms with van der Waals surface area (Å²) in [6, 6.07) is 2.88. The van der Waals surface area contributed by atoms with Gasteiger partial charge in [0, 0.05) is 0 Å². The zero-order valence-electron chi connectivity index (χ0n) is 9.21. The molecule has 0 saturated heterocycles. The first-order chi connectivity index (χ1) is 7.94. The molecular formula is C10H12O6S. The Labute approximate surface area is 98.5 Å². The minimum Gasteiger partial charge on any atom is -0.469 e. The first-order valence-corrected chi connectivity index (χ1v) is 6.60. The fourth-order valence-corrected chi connectivity index (χ4v) is 2.28. The lowest BCUT2D eigenvalue weighted by Gasteiger charge is -2.01. The first-order valence-electron chi connectivity index (χ1n) is 4.78. The van der Waals surface area contributed by atoms with Crippen molar-refractivity contribution < 1.29 is 27.2 Å². The molecule has 0 bridgehead atoms. The van der Waals surface area contributed by atoms with Crippen molar-refractivity contribution in [1.29, 1.82) is 0 Å². The summed E-state index contributed by atoms with van der Waals surface area (Å²) < 4.78 is 32.1. The van der Waals surface area contributed by atoms with E-state index in [4.69, 9.17) is 4.42 Å². The molecule has 0 saturated carbocycles. The molecule has 1 heterocycles. The number of ketones is 1. The summed E-state index contributed by atoms with van der Waals surface area (Å²) in [5.74, 6) is -2.34. The van der Waals surface area contributed by atoms with E-state index >= 15 is 0 Å². The maximum atomic E-state index is 11.5. The minimum atomic E-state index is -3.62. The van der Waals surface area contributed by atoms with Crippen molar-refractivity contribution in [3.8, 4) is 0 Å². The highest BCUT2D eigenvalue weighted by atomic mass is 32.2. The lowest BCUT2D eigenvalue weighted by molar-refractivity contribution is -0.140. The molecule has 0 amide bonds. The van der Waals surface area contributed by atoms with Crippen LogP contribution >= 0.6 is 0 Å². The Morgan fingerprint density at radius 2 is 2.12 bits per heavy atom. The summed E-state index contributed by atoms with van der Waals surface area (Å²) in [7, 11) is -2.45. The lowest BCUT2D eigenvalue weighted by atomic mass is 10.3. The van der Waals surface area contributed by atoms with Crippen LogP contribution in [0.3, 0.4) is 0 Å². The lowest BCUT2D eigenvalue weighted by Crippen LogP contribution is -2.20. The van der Waals surface area contributed by atoms with E-state index in [1.165, 1.54) is 25.5 Å². The highest BCUT2D eigenvalue weighted by Crippen LogP contribution is 2.05. The van der Waals surface area contributed by atoms with Crippen LogP contribution in [0.1, 0.15) is 17.0 Å². The van der Waals surface area contributed by atoms with Gasteiger partial charge in [0.2, 0.25) is 5.78 Å². The van der Waals surface area contributed by atoms with Crippen LogP contribution in [-0.2, 0) is 19.4 Å². The van der Waals surface area contributed by atoms with Gasteiger partial charge in [0.05, 0.1) is 25.5 Å². The van der Waals surface area contributed by atoms with Gasteiger partial charge < -0.3 is 9.15 Å². The van der Waals surface area contributed by atoms with Crippen LogP contribution in [0.15, 0.2) is 22.8 Å². The number of hydrogen-bond donors (Lipinski definition) is 0. The van der Waals surface area contributed by atoms with Crippen LogP contribution in [0, 0.1) is 0 Å². The van der Waals surface area contributed by atoms with E-state index in [1.54, 1.807) is 0 Å². The summed E-state index contributed by atoms with van der Waals surface area (Å²) >= 11 is 0. The Kier molecular flexibility index (Phi) is 4.45. The average Bonchev–Trinajstić information content (AvgIpc) is 2.78. The number of rotatable bonds is 6. The molecule has 1 rings (SSSR count). The quantitative estimate of drug-likeness (QED) is 0.544. The molecule has 0 atom stereocenters. The molecule has 0 fully saturated rings. The normalized spacial score (nSPS) is 11.1. The topological polar surface area (TPSA) is 90.7 Å². The second-order valence-electron chi connectivity index (χ2n) is 3.32. The van der Waals surface area contributed by atoms with E-state index in [-0.39, 0.29) is 12.2 Å². The second-order valence-corrected chi connectivity index (χ2v) is 5.50. The van der Waals surface area contributed by atoms with Gasteiger partial charge in [-0.05, 0) is 12.1 Å². The largest absolute Gasteiger partial charge is 0.469 e. The predicted molar refractivity (Wildman–Crippen MR) is 58.3 cm³/mol. The van der Waals surface area contributed by atoms with Gasteiger partial charge in [-0.3, -0.25) is 9.59 Å². The van der Waals surface area contributed by atoms with Crippen molar-refractivity contribution in [3.63, 3.8) is 0 Å². The standard InChI is InChI=1S/C10H12O6S/c1-15-10(12)4-6-17(13,14)7-8(11)9-3-2-5-16-9/h2-3,5H,4,6-7H2,1H3. The van der Waals surface area contributed by atoms with E-state index in [9.17, 15) is 18.0 Å². The third-order valence-corrected chi connectivity index (χ3v) is 3.52. The summed E-state index contributed by atoms with van der Waals surface area (Å²) in [4.78, 5) is 22.2. The summed E-state index contributed by atoms with van der Waals surface area (Å²) in [6.07, 6.45) is 1.03. The van der Waals surface area contributed by atoms with Crippen LogP contribution in [0.5, 0.6) is 0 Å². The molecule has 6 nitrogen and oxygen atoms in total. The summed E-state index contributed by atoms with van der Waals surface area (Å²) in [5.41, 5.74) is 0. The van der Waals surface area contributed by atoms with Crippen molar-refractivity contribution in [2.75, 3.05) is 18.6 Å². The number of methoxy groups -OCH3 is 1. The van der Waals surface area contributed by atoms with E-state index in [2.05, 4.69) is 4.74 Å². The number of ether oxygens (including phenoxy) is 1. The van der Waals surface area contributed by atoms with E-state index < -0.39 is 33.1 Å². The third kappa shape index (κ3) is 4.39. The van der Waals surface area contributed by atoms with Crippen LogP contribution in [0.4, 0.5) is 0 Å². The molecule has 94 valence electrons. The molecule has 0 spiro atoms.